The maximum Gasteiger partial charge on any atom is 0.264 e. The van der Waals surface area contributed by atoms with Crippen molar-refractivity contribution < 1.29 is 17.7 Å². The molecule has 4 aromatic heterocycles. The molecule has 12 nitrogen and oxygen atoms in total. The van der Waals surface area contributed by atoms with Gasteiger partial charge in [-0.1, -0.05) is 72.8 Å². The number of para-hydroxylation sites is 6. The molecule has 0 aliphatic carbocycles. The number of anilines is 2. The van der Waals surface area contributed by atoms with E-state index in [-0.39, 0.29) is 25.3 Å². The van der Waals surface area contributed by atoms with Crippen LogP contribution < -0.4 is 10.6 Å². The van der Waals surface area contributed by atoms with E-state index in [0.717, 1.165) is 67.2 Å². The number of aliphatic hydroxyl groups excluding tert-OH is 1. The number of aliphatic hydroxyl groups is 1. The van der Waals surface area contributed by atoms with E-state index in [2.05, 4.69) is 66.1 Å². The van der Waals surface area contributed by atoms with Crippen LogP contribution in [0.2, 0.25) is 0 Å². The molecular formula is C41H42N8O4S. The molecule has 0 amide bonds. The van der Waals surface area contributed by atoms with Crippen molar-refractivity contribution in [3.63, 3.8) is 0 Å². The third kappa shape index (κ3) is 8.33. The normalized spacial score (nSPS) is 12.8. The van der Waals surface area contributed by atoms with Gasteiger partial charge in [0, 0.05) is 29.2 Å². The molecule has 0 fully saturated rings. The Morgan fingerprint density at radius 3 is 1.59 bits per heavy atom. The first-order chi connectivity index (χ1) is 26.2. The highest BCUT2D eigenvalue weighted by atomic mass is 32.2. The first-order valence-electron chi connectivity index (χ1n) is 17.7. The fourth-order valence-electron chi connectivity index (χ4n) is 6.38. The molecule has 276 valence electrons. The molecule has 0 saturated heterocycles. The fourth-order valence-corrected chi connectivity index (χ4v) is 6.83. The van der Waals surface area contributed by atoms with E-state index in [1.807, 2.05) is 92.8 Å². The summed E-state index contributed by atoms with van der Waals surface area (Å²) < 4.78 is 31.7. The second-order valence-electron chi connectivity index (χ2n) is 13.3. The molecule has 0 spiro atoms. The number of pyridine rings is 2. The lowest BCUT2D eigenvalue weighted by Crippen LogP contribution is -2.25. The van der Waals surface area contributed by atoms with Gasteiger partial charge in [-0.3, -0.25) is 14.2 Å². The van der Waals surface area contributed by atoms with Crippen molar-refractivity contribution in [2.24, 2.45) is 0 Å². The van der Waals surface area contributed by atoms with Crippen molar-refractivity contribution in [1.29, 1.82) is 0 Å². The van der Waals surface area contributed by atoms with Crippen LogP contribution >= 0.6 is 0 Å². The van der Waals surface area contributed by atoms with Gasteiger partial charge in [-0.15, -0.1) is 0 Å². The van der Waals surface area contributed by atoms with E-state index in [0.29, 0.717) is 19.0 Å². The number of nitrogens with zero attached hydrogens (tertiary/aromatic N) is 6. The maximum absolute atomic E-state index is 11.3. The largest absolute Gasteiger partial charge is 0.394 e. The number of fused-ring (bicyclic) bond motifs is 4. The highest BCUT2D eigenvalue weighted by molar-refractivity contribution is 7.85. The molecule has 2 atom stereocenters. The minimum atomic E-state index is -3.49. The van der Waals surface area contributed by atoms with Crippen molar-refractivity contribution >= 4 is 65.9 Å². The van der Waals surface area contributed by atoms with Crippen LogP contribution in [0.15, 0.2) is 122 Å². The number of rotatable bonds is 12. The van der Waals surface area contributed by atoms with Gasteiger partial charge < -0.3 is 24.9 Å². The highest BCUT2D eigenvalue weighted by Crippen LogP contribution is 2.26. The van der Waals surface area contributed by atoms with Crippen molar-refractivity contribution in [3.05, 3.63) is 133 Å². The first-order valence-corrected chi connectivity index (χ1v) is 19.5. The first kappa shape index (κ1) is 36.5. The summed E-state index contributed by atoms with van der Waals surface area (Å²) in [5.74, 6) is 1.42. The van der Waals surface area contributed by atoms with Gasteiger partial charge in [0.05, 0.1) is 71.7 Å². The maximum atomic E-state index is 11.3. The van der Waals surface area contributed by atoms with Crippen LogP contribution in [0.5, 0.6) is 0 Å². The molecule has 0 aliphatic heterocycles. The lowest BCUT2D eigenvalue weighted by Gasteiger charge is -2.16. The minimum Gasteiger partial charge on any atom is -0.394 e. The molecule has 0 bridgehead atoms. The Morgan fingerprint density at radius 2 is 1.11 bits per heavy atom. The lowest BCUT2D eigenvalue weighted by atomic mass is 10.1. The zero-order valence-corrected chi connectivity index (χ0v) is 31.1. The van der Waals surface area contributed by atoms with Crippen LogP contribution in [0.3, 0.4) is 0 Å². The van der Waals surface area contributed by atoms with Crippen LogP contribution in [0.1, 0.15) is 25.0 Å². The second kappa shape index (κ2) is 16.0. The predicted octanol–water partition coefficient (Wildman–Crippen LogP) is 6.83. The zero-order valence-electron chi connectivity index (χ0n) is 30.3. The molecule has 3 N–H and O–H groups in total. The lowest BCUT2D eigenvalue weighted by molar-refractivity contribution is 0.281. The molecule has 8 rings (SSSR count). The van der Waals surface area contributed by atoms with Crippen LogP contribution in [-0.4, -0.2) is 74.1 Å². The van der Waals surface area contributed by atoms with Gasteiger partial charge in [-0.25, -0.2) is 9.97 Å². The van der Waals surface area contributed by atoms with Crippen LogP contribution in [0.4, 0.5) is 11.9 Å². The van der Waals surface area contributed by atoms with Crippen molar-refractivity contribution in [1.82, 2.24) is 29.1 Å². The highest BCUT2D eigenvalue weighted by Gasteiger charge is 2.17. The predicted molar refractivity (Wildman–Crippen MR) is 215 cm³/mol. The Balaban J connectivity index is 0.000000168. The van der Waals surface area contributed by atoms with Gasteiger partial charge in [0.25, 0.3) is 10.1 Å². The Hall–Kier alpha value is -5.89. The van der Waals surface area contributed by atoms with Crippen molar-refractivity contribution in [2.45, 2.75) is 39.0 Å². The zero-order chi connectivity index (χ0) is 37.7. The average molecular weight is 743 g/mol. The summed E-state index contributed by atoms with van der Waals surface area (Å²) >= 11 is 0. The summed E-state index contributed by atoms with van der Waals surface area (Å²) in [7, 11) is -3.49. The summed E-state index contributed by atoms with van der Waals surface area (Å²) in [5.41, 5.74) is 8.01. The molecule has 4 heterocycles. The third-order valence-corrected chi connectivity index (χ3v) is 9.52. The van der Waals surface area contributed by atoms with Gasteiger partial charge in [-0.2, -0.15) is 8.42 Å². The SMILES string of the molecule is CC(CO)Nc1nc2ccccc2n1Cc1cccc2cccnc12.CC(COS(C)(=O)=O)Nc1nc2ccccc2n1Cc1cccc2cccnc12. The summed E-state index contributed by atoms with van der Waals surface area (Å²) in [4.78, 5) is 18.5. The van der Waals surface area contributed by atoms with Crippen molar-refractivity contribution in [3.8, 4) is 0 Å². The molecule has 0 aliphatic rings. The quantitative estimate of drug-likeness (QED) is 0.114. The molecular weight excluding hydrogens is 701 g/mol. The third-order valence-electron chi connectivity index (χ3n) is 8.96. The topological polar surface area (TPSA) is 149 Å². The Bertz CT molecular complexity index is 2650. The van der Waals surface area contributed by atoms with Crippen molar-refractivity contribution in [2.75, 3.05) is 30.1 Å². The van der Waals surface area contributed by atoms with E-state index in [4.69, 9.17) is 14.2 Å². The smallest absolute Gasteiger partial charge is 0.264 e. The number of hydrogen-bond donors (Lipinski definition) is 3. The summed E-state index contributed by atoms with van der Waals surface area (Å²) in [6.45, 7) is 5.11. The minimum absolute atomic E-state index is 0.0257. The fraction of sp³-hybridized carbons (Fsp3) is 0.220. The van der Waals surface area contributed by atoms with E-state index in [9.17, 15) is 13.5 Å². The molecule has 54 heavy (non-hydrogen) atoms. The number of benzene rings is 4. The van der Waals surface area contributed by atoms with Gasteiger partial charge in [0.1, 0.15) is 0 Å². The number of hydrogen-bond acceptors (Lipinski definition) is 10. The molecule has 8 aromatic rings. The Labute approximate surface area is 313 Å². The van der Waals surface area contributed by atoms with E-state index in [1.165, 1.54) is 0 Å². The number of nitrogens with one attached hydrogen (secondary N) is 2. The van der Waals surface area contributed by atoms with Crippen LogP contribution in [0.25, 0.3) is 43.9 Å². The summed E-state index contributed by atoms with van der Waals surface area (Å²) in [6.07, 6.45) is 4.66. The van der Waals surface area contributed by atoms with Crippen LogP contribution in [0, 0.1) is 0 Å². The number of aromatic nitrogens is 6. The monoisotopic (exact) mass is 742 g/mol. The molecule has 2 unspecified atom stereocenters. The average Bonchev–Trinajstić information content (AvgIpc) is 3.70. The molecule has 4 aromatic carbocycles. The van der Waals surface area contributed by atoms with E-state index in [1.54, 1.807) is 6.20 Å². The van der Waals surface area contributed by atoms with Gasteiger partial charge in [0.15, 0.2) is 0 Å². The van der Waals surface area contributed by atoms with E-state index >= 15 is 0 Å². The second-order valence-corrected chi connectivity index (χ2v) is 14.9. The Kier molecular flexibility index (Phi) is 10.8. The van der Waals surface area contributed by atoms with Gasteiger partial charge in [0.2, 0.25) is 11.9 Å². The molecule has 0 saturated carbocycles. The standard InChI is InChI=1S/C21H22N4O3S.C20H20N4O/c1-15(14-28-29(2,26)27)23-21-24-18-10-3-4-11-19(18)25(21)13-17-8-5-7-16-9-6-12-22-20(16)17;1-14(13-25)22-20-23-17-9-2-3-10-18(17)24(20)12-16-7-4-6-15-8-5-11-21-19(15)16/h3-12,15H,13-14H2,1-2H3,(H,23,24);2-11,14,25H,12-13H2,1H3,(H,22,23). The van der Waals surface area contributed by atoms with Crippen LogP contribution in [-0.2, 0) is 27.4 Å². The van der Waals surface area contributed by atoms with Gasteiger partial charge >= 0.3 is 0 Å². The molecule has 13 heteroatoms. The summed E-state index contributed by atoms with van der Waals surface area (Å²) in [5, 5.41) is 18.2. The van der Waals surface area contributed by atoms with E-state index < -0.39 is 10.1 Å². The number of imidazole rings is 2. The Morgan fingerprint density at radius 1 is 0.648 bits per heavy atom. The summed E-state index contributed by atoms with van der Waals surface area (Å²) in [6, 6.07) is 36.0. The van der Waals surface area contributed by atoms with Gasteiger partial charge in [-0.05, 0) is 61.4 Å². The molecule has 0 radical (unpaired) electrons.